The van der Waals surface area contributed by atoms with Crippen LogP contribution in [0.25, 0.3) is 16.7 Å². The molecule has 0 unspecified atom stereocenters. The first-order valence-electron chi connectivity index (χ1n) is 11.4. The zero-order valence-corrected chi connectivity index (χ0v) is 20.7. The number of Topliss-reactive ketones (excluding diaryl/α,β-unsaturated/α-hetero) is 1. The van der Waals surface area contributed by atoms with Crippen LogP contribution in [0.5, 0.6) is 0 Å². The molecule has 0 aliphatic carbocycles. The van der Waals surface area contributed by atoms with Crippen LogP contribution >= 0.6 is 11.6 Å². The van der Waals surface area contributed by atoms with Crippen LogP contribution in [0.3, 0.4) is 0 Å². The molecule has 4 rings (SSSR count). The number of halogens is 1. The molecular formula is C27H29ClO6. The van der Waals surface area contributed by atoms with Crippen LogP contribution in [0.1, 0.15) is 44.7 Å². The van der Waals surface area contributed by atoms with E-state index >= 15 is 0 Å². The largest absolute Gasteiger partial charge is 0.514 e. The lowest BCUT2D eigenvalue weighted by molar-refractivity contribution is -0.155. The summed E-state index contributed by atoms with van der Waals surface area (Å²) in [5.74, 6) is -0.0373. The first-order valence-corrected chi connectivity index (χ1v) is 11.7. The summed E-state index contributed by atoms with van der Waals surface area (Å²) < 4.78 is 22.4. The van der Waals surface area contributed by atoms with Crippen molar-refractivity contribution in [1.82, 2.24) is 0 Å². The second-order valence-electron chi connectivity index (χ2n) is 9.63. The Bertz CT molecular complexity index is 1120. The minimum Gasteiger partial charge on any atom is -0.428 e. The molecule has 0 bridgehead atoms. The van der Waals surface area contributed by atoms with Gasteiger partial charge in [-0.1, -0.05) is 35.9 Å². The normalized spacial score (nSPS) is 18.2. The molecule has 34 heavy (non-hydrogen) atoms. The highest BCUT2D eigenvalue weighted by Gasteiger charge is 2.48. The van der Waals surface area contributed by atoms with E-state index in [1.807, 2.05) is 49.4 Å². The smallest absolute Gasteiger partial charge is 0.428 e. The van der Waals surface area contributed by atoms with Crippen LogP contribution in [0.4, 0.5) is 4.79 Å². The SMILES string of the molecule is Cc1ccc(-c2ccc(Cl)cc2)cc1C1=C(OC(=O)OC(C)(C)C)COC2(CCOCC2)C1=O. The number of carbonyl (C=O) groups excluding carboxylic acids is 2. The van der Waals surface area contributed by atoms with Crippen molar-refractivity contribution in [2.75, 3.05) is 19.8 Å². The summed E-state index contributed by atoms with van der Waals surface area (Å²) in [7, 11) is 0. The number of aryl methyl sites for hydroxylation is 1. The quantitative estimate of drug-likeness (QED) is 0.488. The lowest BCUT2D eigenvalue weighted by Crippen LogP contribution is -2.50. The summed E-state index contributed by atoms with van der Waals surface area (Å²) in [4.78, 5) is 26.4. The molecule has 0 saturated carbocycles. The molecule has 0 amide bonds. The number of benzene rings is 2. The van der Waals surface area contributed by atoms with Gasteiger partial charge in [-0.15, -0.1) is 0 Å². The Morgan fingerprint density at radius 2 is 1.68 bits per heavy atom. The van der Waals surface area contributed by atoms with E-state index in [2.05, 4.69) is 0 Å². The molecule has 180 valence electrons. The van der Waals surface area contributed by atoms with E-state index in [9.17, 15) is 9.59 Å². The van der Waals surface area contributed by atoms with Crippen LogP contribution < -0.4 is 0 Å². The van der Waals surface area contributed by atoms with Gasteiger partial charge in [0.2, 0.25) is 0 Å². The molecule has 0 N–H and O–H groups in total. The molecule has 2 aliphatic heterocycles. The van der Waals surface area contributed by atoms with E-state index in [4.69, 9.17) is 30.5 Å². The van der Waals surface area contributed by atoms with Gasteiger partial charge in [0.05, 0.1) is 5.57 Å². The number of ether oxygens (including phenoxy) is 4. The number of rotatable bonds is 3. The zero-order chi connectivity index (χ0) is 24.5. The molecule has 7 heteroatoms. The number of hydrogen-bond acceptors (Lipinski definition) is 6. The number of carbonyl (C=O) groups is 2. The minimum absolute atomic E-state index is 0.00900. The van der Waals surface area contributed by atoms with Crippen molar-refractivity contribution in [3.8, 4) is 11.1 Å². The Hall–Kier alpha value is -2.67. The fraction of sp³-hybridized carbons (Fsp3) is 0.407. The molecule has 2 aliphatic rings. The van der Waals surface area contributed by atoms with Gasteiger partial charge >= 0.3 is 6.16 Å². The molecule has 1 fully saturated rings. The minimum atomic E-state index is -0.989. The van der Waals surface area contributed by atoms with E-state index in [-0.39, 0.29) is 18.1 Å². The van der Waals surface area contributed by atoms with Gasteiger partial charge in [-0.3, -0.25) is 4.79 Å². The number of hydrogen-bond donors (Lipinski definition) is 0. The van der Waals surface area contributed by atoms with Crippen molar-refractivity contribution in [3.63, 3.8) is 0 Å². The second-order valence-corrected chi connectivity index (χ2v) is 10.1. The highest BCUT2D eigenvalue weighted by molar-refractivity contribution is 6.30. The average molecular weight is 485 g/mol. The van der Waals surface area contributed by atoms with Crippen molar-refractivity contribution >= 4 is 29.1 Å². The van der Waals surface area contributed by atoms with Crippen molar-refractivity contribution in [2.24, 2.45) is 0 Å². The summed E-state index contributed by atoms with van der Waals surface area (Å²) in [6, 6.07) is 13.4. The molecule has 6 nitrogen and oxygen atoms in total. The van der Waals surface area contributed by atoms with E-state index in [0.29, 0.717) is 42.2 Å². The first kappa shape index (κ1) is 24.5. The van der Waals surface area contributed by atoms with E-state index in [0.717, 1.165) is 16.7 Å². The summed E-state index contributed by atoms with van der Waals surface area (Å²) in [6.07, 6.45) is 0.0292. The van der Waals surface area contributed by atoms with Crippen molar-refractivity contribution in [2.45, 2.75) is 51.7 Å². The third kappa shape index (κ3) is 5.19. The van der Waals surface area contributed by atoms with Gasteiger partial charge in [-0.05, 0) is 68.1 Å². The molecular weight excluding hydrogens is 456 g/mol. The Kier molecular flexibility index (Phi) is 6.85. The fourth-order valence-electron chi connectivity index (χ4n) is 4.21. The highest BCUT2D eigenvalue weighted by Crippen LogP contribution is 2.40. The molecule has 1 saturated heterocycles. The molecule has 0 radical (unpaired) electrons. The molecule has 0 atom stereocenters. The average Bonchev–Trinajstić information content (AvgIpc) is 2.78. The molecule has 2 aromatic rings. The van der Waals surface area contributed by atoms with Gasteiger partial charge in [0.25, 0.3) is 0 Å². The predicted molar refractivity (Wildman–Crippen MR) is 130 cm³/mol. The maximum atomic E-state index is 13.9. The van der Waals surface area contributed by atoms with Gasteiger partial charge in [0.1, 0.15) is 23.6 Å². The molecule has 2 aromatic carbocycles. The van der Waals surface area contributed by atoms with Crippen molar-refractivity contribution in [3.05, 3.63) is 64.4 Å². The topological polar surface area (TPSA) is 71.1 Å². The van der Waals surface area contributed by atoms with Crippen LogP contribution in [0, 0.1) is 6.92 Å². The summed E-state index contributed by atoms with van der Waals surface area (Å²) >= 11 is 6.06. The molecule has 2 heterocycles. The lowest BCUT2D eigenvalue weighted by atomic mass is 9.79. The second kappa shape index (κ2) is 9.53. The monoisotopic (exact) mass is 484 g/mol. The third-order valence-electron chi connectivity index (χ3n) is 5.98. The maximum absolute atomic E-state index is 13.9. The van der Waals surface area contributed by atoms with E-state index in [1.165, 1.54) is 0 Å². The van der Waals surface area contributed by atoms with Crippen LogP contribution in [0.2, 0.25) is 5.02 Å². The molecule has 1 spiro atoms. The lowest BCUT2D eigenvalue weighted by Gasteiger charge is -2.40. The van der Waals surface area contributed by atoms with Gasteiger partial charge < -0.3 is 18.9 Å². The first-order chi connectivity index (χ1) is 16.1. The van der Waals surface area contributed by atoms with Gasteiger partial charge in [0, 0.05) is 31.1 Å². The Balaban J connectivity index is 1.80. The summed E-state index contributed by atoms with van der Waals surface area (Å²) in [5, 5.41) is 0.646. The standard InChI is InChI=1S/C27H29ClO6/c1-17-5-6-19(18-7-9-20(28)10-8-18)15-21(17)23-22(33-25(30)34-26(2,3)4)16-32-27(24(23)29)11-13-31-14-12-27/h5-10,15H,11-14,16H2,1-4H3. The van der Waals surface area contributed by atoms with Crippen molar-refractivity contribution in [1.29, 1.82) is 0 Å². The van der Waals surface area contributed by atoms with Crippen LogP contribution in [0.15, 0.2) is 48.2 Å². The van der Waals surface area contributed by atoms with Crippen LogP contribution in [-0.4, -0.2) is 43.0 Å². The predicted octanol–water partition coefficient (Wildman–Crippen LogP) is 6.13. The Morgan fingerprint density at radius 3 is 2.32 bits per heavy atom. The fourth-order valence-corrected chi connectivity index (χ4v) is 4.33. The van der Waals surface area contributed by atoms with Gasteiger partial charge in [-0.25, -0.2) is 4.79 Å². The third-order valence-corrected chi connectivity index (χ3v) is 6.23. The van der Waals surface area contributed by atoms with E-state index < -0.39 is 17.4 Å². The highest BCUT2D eigenvalue weighted by atomic mass is 35.5. The van der Waals surface area contributed by atoms with Gasteiger partial charge in [0.15, 0.2) is 5.78 Å². The van der Waals surface area contributed by atoms with Crippen molar-refractivity contribution < 1.29 is 28.5 Å². The Labute approximate surface area is 204 Å². The van der Waals surface area contributed by atoms with Crippen LogP contribution in [-0.2, 0) is 23.7 Å². The van der Waals surface area contributed by atoms with Gasteiger partial charge in [-0.2, -0.15) is 0 Å². The summed E-state index contributed by atoms with van der Waals surface area (Å²) in [5.41, 5.74) is 2.09. The molecule has 0 aromatic heterocycles. The summed E-state index contributed by atoms with van der Waals surface area (Å²) in [6.45, 7) is 8.05. The number of ketones is 1. The van der Waals surface area contributed by atoms with E-state index in [1.54, 1.807) is 20.8 Å². The Morgan fingerprint density at radius 1 is 1.03 bits per heavy atom. The maximum Gasteiger partial charge on any atom is 0.514 e. The zero-order valence-electron chi connectivity index (χ0n) is 19.9.